The number of anilines is 1. The smallest absolute Gasteiger partial charge is 0.118 e. The molecule has 3 nitrogen and oxygen atoms in total. The van der Waals surface area contributed by atoms with Crippen molar-refractivity contribution in [2.24, 2.45) is 5.10 Å². The molecule has 1 heterocycles. The topological polar surface area (TPSA) is 24.8 Å². The average molecular weight is 252 g/mol. The number of nitrogens with zero attached hydrogens (tertiary/aromatic N) is 2. The SMILES string of the molecule is COc1ccc(C2=NN(c3ccccc3)CC2)cc1. The molecule has 96 valence electrons. The Morgan fingerprint density at radius 1 is 1.00 bits per heavy atom. The zero-order valence-electron chi connectivity index (χ0n) is 10.9. The van der Waals surface area contributed by atoms with E-state index in [-0.39, 0.29) is 0 Å². The van der Waals surface area contributed by atoms with Crippen molar-refractivity contribution in [1.82, 2.24) is 0 Å². The molecule has 0 aliphatic carbocycles. The summed E-state index contributed by atoms with van der Waals surface area (Å²) in [6, 6.07) is 18.3. The van der Waals surface area contributed by atoms with Crippen molar-refractivity contribution < 1.29 is 4.74 Å². The molecular formula is C16H16N2O. The fourth-order valence-electron chi connectivity index (χ4n) is 2.23. The minimum atomic E-state index is 0.877. The highest BCUT2D eigenvalue weighted by Gasteiger charge is 2.16. The Hall–Kier alpha value is -2.29. The van der Waals surface area contributed by atoms with Gasteiger partial charge < -0.3 is 4.74 Å². The number of hydrogen-bond donors (Lipinski definition) is 0. The highest BCUT2D eigenvalue weighted by molar-refractivity contribution is 6.02. The molecule has 0 radical (unpaired) electrons. The number of methoxy groups -OCH3 is 1. The second kappa shape index (κ2) is 5.14. The monoisotopic (exact) mass is 252 g/mol. The van der Waals surface area contributed by atoms with Crippen LogP contribution in [0.3, 0.4) is 0 Å². The zero-order valence-corrected chi connectivity index (χ0v) is 10.9. The first kappa shape index (κ1) is 11.8. The van der Waals surface area contributed by atoms with E-state index in [1.54, 1.807) is 7.11 Å². The van der Waals surface area contributed by atoms with Gasteiger partial charge in [0.05, 0.1) is 18.5 Å². The van der Waals surface area contributed by atoms with E-state index in [1.165, 1.54) is 5.56 Å². The molecule has 0 spiro atoms. The van der Waals surface area contributed by atoms with Crippen molar-refractivity contribution in [3.05, 3.63) is 60.2 Å². The standard InChI is InChI=1S/C16H16N2O/c1-19-15-9-7-13(8-10-15)16-11-12-18(17-16)14-5-3-2-4-6-14/h2-10H,11-12H2,1H3. The molecule has 1 aliphatic heterocycles. The summed E-state index contributed by atoms with van der Waals surface area (Å²) in [7, 11) is 1.68. The van der Waals surface area contributed by atoms with Gasteiger partial charge in [-0.3, -0.25) is 5.01 Å². The first-order chi connectivity index (χ1) is 9.36. The van der Waals surface area contributed by atoms with Gasteiger partial charge in [0.25, 0.3) is 0 Å². The molecule has 2 aromatic rings. The van der Waals surface area contributed by atoms with Crippen molar-refractivity contribution >= 4 is 11.4 Å². The van der Waals surface area contributed by atoms with E-state index in [0.29, 0.717) is 0 Å². The molecule has 1 aliphatic rings. The fourth-order valence-corrected chi connectivity index (χ4v) is 2.23. The van der Waals surface area contributed by atoms with Gasteiger partial charge in [0, 0.05) is 13.0 Å². The Labute approximate surface area is 113 Å². The third-order valence-corrected chi connectivity index (χ3v) is 3.28. The molecule has 0 atom stereocenters. The highest BCUT2D eigenvalue weighted by atomic mass is 16.5. The van der Waals surface area contributed by atoms with Gasteiger partial charge in [-0.1, -0.05) is 18.2 Å². The van der Waals surface area contributed by atoms with Crippen LogP contribution in [0.1, 0.15) is 12.0 Å². The fraction of sp³-hybridized carbons (Fsp3) is 0.188. The Balaban J connectivity index is 1.82. The van der Waals surface area contributed by atoms with E-state index in [2.05, 4.69) is 29.3 Å². The number of rotatable bonds is 3. The Kier molecular flexibility index (Phi) is 3.19. The Morgan fingerprint density at radius 3 is 2.42 bits per heavy atom. The third-order valence-electron chi connectivity index (χ3n) is 3.28. The van der Waals surface area contributed by atoms with E-state index < -0.39 is 0 Å². The molecule has 0 N–H and O–H groups in total. The van der Waals surface area contributed by atoms with E-state index in [0.717, 1.165) is 30.1 Å². The molecule has 0 saturated heterocycles. The van der Waals surface area contributed by atoms with Crippen LogP contribution in [0.15, 0.2) is 59.7 Å². The summed E-state index contributed by atoms with van der Waals surface area (Å²) in [6.45, 7) is 0.936. The summed E-state index contributed by atoms with van der Waals surface area (Å²) in [5, 5.41) is 6.75. The zero-order chi connectivity index (χ0) is 13.1. The maximum absolute atomic E-state index is 5.17. The molecule has 3 rings (SSSR count). The Morgan fingerprint density at radius 2 is 1.74 bits per heavy atom. The molecule has 3 heteroatoms. The third kappa shape index (κ3) is 2.45. The molecule has 2 aromatic carbocycles. The number of para-hydroxylation sites is 1. The lowest BCUT2D eigenvalue weighted by molar-refractivity contribution is 0.415. The van der Waals surface area contributed by atoms with E-state index >= 15 is 0 Å². The van der Waals surface area contributed by atoms with Gasteiger partial charge in [-0.05, 0) is 42.0 Å². The summed E-state index contributed by atoms with van der Waals surface area (Å²) >= 11 is 0. The number of hydrazone groups is 1. The molecule has 19 heavy (non-hydrogen) atoms. The second-order valence-corrected chi connectivity index (χ2v) is 4.48. The maximum Gasteiger partial charge on any atom is 0.118 e. The number of ether oxygens (including phenoxy) is 1. The first-order valence-electron chi connectivity index (χ1n) is 6.41. The van der Waals surface area contributed by atoms with Crippen LogP contribution < -0.4 is 9.75 Å². The van der Waals surface area contributed by atoms with Crippen molar-refractivity contribution in [3.8, 4) is 5.75 Å². The lowest BCUT2D eigenvalue weighted by Gasteiger charge is -2.12. The number of benzene rings is 2. The van der Waals surface area contributed by atoms with Crippen molar-refractivity contribution in [2.75, 3.05) is 18.7 Å². The molecule has 0 amide bonds. The summed E-state index contributed by atoms with van der Waals surface area (Å²) in [6.07, 6.45) is 0.973. The molecule has 0 saturated carbocycles. The maximum atomic E-state index is 5.17. The number of hydrogen-bond acceptors (Lipinski definition) is 3. The van der Waals surface area contributed by atoms with Gasteiger partial charge in [0.2, 0.25) is 0 Å². The lowest BCUT2D eigenvalue weighted by atomic mass is 10.1. The minimum absolute atomic E-state index is 0.877. The van der Waals surface area contributed by atoms with Crippen LogP contribution in [0.2, 0.25) is 0 Å². The Bertz CT molecular complexity index is 575. The van der Waals surface area contributed by atoms with Gasteiger partial charge in [0.15, 0.2) is 0 Å². The quantitative estimate of drug-likeness (QED) is 0.837. The predicted octanol–water partition coefficient (Wildman–Crippen LogP) is 3.31. The molecule has 0 unspecified atom stereocenters. The van der Waals surface area contributed by atoms with Crippen molar-refractivity contribution in [3.63, 3.8) is 0 Å². The highest BCUT2D eigenvalue weighted by Crippen LogP contribution is 2.22. The van der Waals surface area contributed by atoms with E-state index in [9.17, 15) is 0 Å². The van der Waals surface area contributed by atoms with Crippen LogP contribution in [0.25, 0.3) is 0 Å². The van der Waals surface area contributed by atoms with Crippen molar-refractivity contribution in [2.45, 2.75) is 6.42 Å². The van der Waals surface area contributed by atoms with Crippen LogP contribution in [-0.4, -0.2) is 19.4 Å². The second-order valence-electron chi connectivity index (χ2n) is 4.48. The van der Waals surface area contributed by atoms with Gasteiger partial charge in [-0.25, -0.2) is 0 Å². The average Bonchev–Trinajstić information content (AvgIpc) is 2.98. The lowest BCUT2D eigenvalue weighted by Crippen LogP contribution is -2.11. The van der Waals surface area contributed by atoms with Gasteiger partial charge in [0.1, 0.15) is 5.75 Å². The summed E-state index contributed by atoms with van der Waals surface area (Å²) < 4.78 is 5.17. The molecule has 0 aromatic heterocycles. The van der Waals surface area contributed by atoms with Gasteiger partial charge in [-0.2, -0.15) is 5.10 Å². The first-order valence-corrected chi connectivity index (χ1v) is 6.41. The van der Waals surface area contributed by atoms with Crippen LogP contribution in [-0.2, 0) is 0 Å². The van der Waals surface area contributed by atoms with Crippen LogP contribution in [0.4, 0.5) is 5.69 Å². The van der Waals surface area contributed by atoms with Crippen LogP contribution in [0.5, 0.6) is 5.75 Å². The van der Waals surface area contributed by atoms with E-state index in [1.807, 2.05) is 30.3 Å². The largest absolute Gasteiger partial charge is 0.497 e. The van der Waals surface area contributed by atoms with Crippen LogP contribution in [0, 0.1) is 0 Å². The summed E-state index contributed by atoms with van der Waals surface area (Å²) in [5.41, 5.74) is 3.44. The van der Waals surface area contributed by atoms with E-state index in [4.69, 9.17) is 9.84 Å². The predicted molar refractivity (Wildman–Crippen MR) is 77.9 cm³/mol. The molecule has 0 bridgehead atoms. The van der Waals surface area contributed by atoms with Crippen molar-refractivity contribution in [1.29, 1.82) is 0 Å². The summed E-state index contributed by atoms with van der Waals surface area (Å²) in [4.78, 5) is 0. The van der Waals surface area contributed by atoms with Gasteiger partial charge >= 0.3 is 0 Å². The van der Waals surface area contributed by atoms with Gasteiger partial charge in [-0.15, -0.1) is 0 Å². The normalized spacial score (nSPS) is 14.4. The summed E-state index contributed by atoms with van der Waals surface area (Å²) in [5.74, 6) is 0.877. The minimum Gasteiger partial charge on any atom is -0.497 e. The van der Waals surface area contributed by atoms with Crippen LogP contribution >= 0.6 is 0 Å². The molecular weight excluding hydrogens is 236 g/mol. The molecule has 0 fully saturated rings.